The molecule has 1 saturated carbocycles. The fraction of sp³-hybridized carbons (Fsp3) is 0.619. The van der Waals surface area contributed by atoms with Gasteiger partial charge in [0, 0.05) is 24.5 Å². The SMILES string of the molecule is CCOC(=O)[C@H]1CCCN(C(=O)c2cc3sc(C)cc3n2CC2CCC2)C1. The number of rotatable bonds is 5. The van der Waals surface area contributed by atoms with Gasteiger partial charge in [0.2, 0.25) is 0 Å². The number of amides is 1. The number of nitrogens with zero attached hydrogens (tertiary/aromatic N) is 2. The summed E-state index contributed by atoms with van der Waals surface area (Å²) in [6, 6.07) is 4.26. The minimum Gasteiger partial charge on any atom is -0.466 e. The third-order valence-electron chi connectivity index (χ3n) is 5.93. The Bertz CT molecular complexity index is 849. The van der Waals surface area contributed by atoms with Crippen LogP contribution in [0.25, 0.3) is 10.2 Å². The van der Waals surface area contributed by atoms with Crippen LogP contribution < -0.4 is 0 Å². The van der Waals surface area contributed by atoms with Crippen LogP contribution in [0.4, 0.5) is 0 Å². The van der Waals surface area contributed by atoms with Gasteiger partial charge in [-0.1, -0.05) is 6.42 Å². The maximum absolute atomic E-state index is 13.3. The largest absolute Gasteiger partial charge is 0.466 e. The lowest BCUT2D eigenvalue weighted by molar-refractivity contribution is -0.149. The van der Waals surface area contributed by atoms with E-state index in [9.17, 15) is 9.59 Å². The normalized spacial score (nSPS) is 20.7. The Kier molecular flexibility index (Phi) is 5.26. The molecule has 1 atom stereocenters. The number of hydrogen-bond acceptors (Lipinski definition) is 4. The van der Waals surface area contributed by atoms with Gasteiger partial charge in [-0.25, -0.2) is 0 Å². The van der Waals surface area contributed by atoms with Crippen LogP contribution in [-0.4, -0.2) is 41.0 Å². The molecule has 0 unspecified atom stereocenters. The number of ether oxygens (including phenoxy) is 1. The summed E-state index contributed by atoms with van der Waals surface area (Å²) in [6.07, 6.45) is 5.47. The van der Waals surface area contributed by atoms with Crippen LogP contribution in [0, 0.1) is 18.8 Å². The van der Waals surface area contributed by atoms with E-state index < -0.39 is 0 Å². The van der Waals surface area contributed by atoms with E-state index in [1.807, 2.05) is 11.8 Å². The summed E-state index contributed by atoms with van der Waals surface area (Å²) in [5, 5.41) is 0. The number of aromatic nitrogens is 1. The van der Waals surface area contributed by atoms with E-state index >= 15 is 0 Å². The molecule has 0 radical (unpaired) electrons. The summed E-state index contributed by atoms with van der Waals surface area (Å²) in [5.41, 5.74) is 1.97. The number of aryl methyl sites for hydroxylation is 1. The number of esters is 1. The molecule has 1 saturated heterocycles. The van der Waals surface area contributed by atoms with Crippen LogP contribution in [0.3, 0.4) is 0 Å². The monoisotopic (exact) mass is 388 g/mol. The predicted octanol–water partition coefficient (Wildman–Crippen LogP) is 4.23. The molecule has 27 heavy (non-hydrogen) atoms. The molecule has 2 aromatic heterocycles. The Morgan fingerprint density at radius 3 is 2.74 bits per heavy atom. The molecule has 2 fully saturated rings. The number of carbonyl (C=O) groups is 2. The first kappa shape index (κ1) is 18.5. The van der Waals surface area contributed by atoms with Crippen molar-refractivity contribution in [2.24, 2.45) is 11.8 Å². The van der Waals surface area contributed by atoms with Crippen LogP contribution in [0.2, 0.25) is 0 Å². The highest BCUT2D eigenvalue weighted by Gasteiger charge is 2.32. The number of carbonyl (C=O) groups excluding carboxylic acids is 2. The van der Waals surface area contributed by atoms with Gasteiger partial charge in [0.05, 0.1) is 22.7 Å². The fourth-order valence-electron chi connectivity index (χ4n) is 4.25. The lowest BCUT2D eigenvalue weighted by atomic mass is 9.85. The van der Waals surface area contributed by atoms with E-state index in [-0.39, 0.29) is 17.8 Å². The molecule has 1 aliphatic heterocycles. The molecule has 1 aliphatic carbocycles. The van der Waals surface area contributed by atoms with Gasteiger partial charge in [-0.3, -0.25) is 9.59 Å². The molecular formula is C21H28N2O3S. The van der Waals surface area contributed by atoms with Crippen LogP contribution in [0.1, 0.15) is 54.4 Å². The van der Waals surface area contributed by atoms with E-state index in [4.69, 9.17) is 4.74 Å². The molecule has 2 aromatic rings. The van der Waals surface area contributed by atoms with E-state index in [0.717, 1.165) is 31.6 Å². The number of piperidine rings is 1. The lowest BCUT2D eigenvalue weighted by Crippen LogP contribution is -2.43. The van der Waals surface area contributed by atoms with E-state index in [1.165, 1.54) is 34.4 Å². The Morgan fingerprint density at radius 2 is 2.04 bits per heavy atom. The van der Waals surface area contributed by atoms with Crippen molar-refractivity contribution in [1.29, 1.82) is 0 Å². The average molecular weight is 389 g/mol. The Morgan fingerprint density at radius 1 is 1.22 bits per heavy atom. The third kappa shape index (κ3) is 3.64. The molecular weight excluding hydrogens is 360 g/mol. The van der Waals surface area contributed by atoms with E-state index in [0.29, 0.717) is 19.1 Å². The van der Waals surface area contributed by atoms with Crippen LogP contribution in [0.5, 0.6) is 0 Å². The van der Waals surface area contributed by atoms with Crippen molar-refractivity contribution in [3.8, 4) is 0 Å². The van der Waals surface area contributed by atoms with Crippen LogP contribution >= 0.6 is 11.3 Å². The van der Waals surface area contributed by atoms with Gasteiger partial charge in [0.15, 0.2) is 0 Å². The molecule has 1 amide bonds. The summed E-state index contributed by atoms with van der Waals surface area (Å²) in [5.74, 6) is 0.378. The molecule has 0 N–H and O–H groups in total. The standard InChI is InChI=1S/C21H28N2O3S/c1-3-26-21(25)16-8-5-9-22(13-16)20(24)18-11-19-17(10-14(2)27-19)23(18)12-15-6-4-7-15/h10-11,15-16H,3-9,12-13H2,1-2H3/t16-/m0/s1. The zero-order chi connectivity index (χ0) is 19.0. The number of fused-ring (bicyclic) bond motifs is 1. The highest BCUT2D eigenvalue weighted by atomic mass is 32.1. The fourth-order valence-corrected chi connectivity index (χ4v) is 5.21. The first-order valence-corrected chi connectivity index (χ1v) is 10.9. The molecule has 4 rings (SSSR count). The first-order valence-electron chi connectivity index (χ1n) is 10.1. The van der Waals surface area contributed by atoms with E-state index in [2.05, 4.69) is 23.6 Å². The lowest BCUT2D eigenvalue weighted by Gasteiger charge is -2.32. The number of thiophene rings is 1. The quantitative estimate of drug-likeness (QED) is 0.721. The summed E-state index contributed by atoms with van der Waals surface area (Å²) >= 11 is 1.75. The Labute approximate surface area is 164 Å². The highest BCUT2D eigenvalue weighted by Crippen LogP contribution is 2.34. The van der Waals surface area contributed by atoms with Gasteiger partial charge >= 0.3 is 5.97 Å². The first-order chi connectivity index (χ1) is 13.1. The minimum absolute atomic E-state index is 0.0596. The zero-order valence-electron chi connectivity index (χ0n) is 16.2. The summed E-state index contributed by atoms with van der Waals surface area (Å²) in [7, 11) is 0. The van der Waals surface area contributed by atoms with Crippen molar-refractivity contribution in [2.75, 3.05) is 19.7 Å². The van der Waals surface area contributed by atoms with Crippen molar-refractivity contribution < 1.29 is 14.3 Å². The van der Waals surface area contributed by atoms with Crippen LogP contribution in [0.15, 0.2) is 12.1 Å². The van der Waals surface area contributed by atoms with Gasteiger partial charge in [-0.05, 0) is 57.6 Å². The number of likely N-dealkylation sites (tertiary alicyclic amines) is 1. The molecule has 0 bridgehead atoms. The number of hydrogen-bond donors (Lipinski definition) is 0. The van der Waals surface area contributed by atoms with Crippen molar-refractivity contribution in [3.05, 3.63) is 22.7 Å². The zero-order valence-corrected chi connectivity index (χ0v) is 17.0. The summed E-state index contributed by atoms with van der Waals surface area (Å²) < 4.78 is 8.61. The predicted molar refractivity (Wildman–Crippen MR) is 107 cm³/mol. The Balaban J connectivity index is 1.58. The van der Waals surface area contributed by atoms with Gasteiger partial charge < -0.3 is 14.2 Å². The van der Waals surface area contributed by atoms with Crippen molar-refractivity contribution in [1.82, 2.24) is 9.47 Å². The molecule has 0 aromatic carbocycles. The second-order valence-corrected chi connectivity index (χ2v) is 9.17. The Hall–Kier alpha value is -1.82. The average Bonchev–Trinajstić information content (AvgIpc) is 3.14. The maximum Gasteiger partial charge on any atom is 0.310 e. The molecule has 146 valence electrons. The molecule has 0 spiro atoms. The second kappa shape index (κ2) is 7.66. The highest BCUT2D eigenvalue weighted by molar-refractivity contribution is 7.19. The van der Waals surface area contributed by atoms with Gasteiger partial charge in [-0.2, -0.15) is 0 Å². The van der Waals surface area contributed by atoms with Crippen LogP contribution in [-0.2, 0) is 16.1 Å². The summed E-state index contributed by atoms with van der Waals surface area (Å²) in [6.45, 7) is 6.45. The van der Waals surface area contributed by atoms with Gasteiger partial charge in [0.1, 0.15) is 5.69 Å². The van der Waals surface area contributed by atoms with Crippen molar-refractivity contribution in [2.45, 2.75) is 52.5 Å². The topological polar surface area (TPSA) is 51.5 Å². The van der Waals surface area contributed by atoms with Gasteiger partial charge in [-0.15, -0.1) is 11.3 Å². The third-order valence-corrected chi connectivity index (χ3v) is 6.91. The van der Waals surface area contributed by atoms with E-state index in [1.54, 1.807) is 11.3 Å². The van der Waals surface area contributed by atoms with Gasteiger partial charge in [0.25, 0.3) is 5.91 Å². The smallest absolute Gasteiger partial charge is 0.310 e. The molecule has 3 heterocycles. The summed E-state index contributed by atoms with van der Waals surface area (Å²) in [4.78, 5) is 28.6. The second-order valence-electron chi connectivity index (χ2n) is 7.89. The molecule has 2 aliphatic rings. The van der Waals surface area contributed by atoms with Crippen molar-refractivity contribution in [3.63, 3.8) is 0 Å². The minimum atomic E-state index is -0.193. The van der Waals surface area contributed by atoms with Crippen molar-refractivity contribution >= 4 is 33.4 Å². The molecule has 6 heteroatoms. The maximum atomic E-state index is 13.3. The molecule has 5 nitrogen and oxygen atoms in total.